The van der Waals surface area contributed by atoms with Gasteiger partial charge in [0.05, 0.1) is 5.56 Å². The maximum Gasteiger partial charge on any atom is 0.255 e. The van der Waals surface area contributed by atoms with Crippen molar-refractivity contribution in [1.82, 2.24) is 23.8 Å². The number of carbonyl (C=O) groups is 1. The fraction of sp³-hybridized carbons (Fsp3) is 0.227. The molecular formula is C22H22N6O. The van der Waals surface area contributed by atoms with E-state index in [-0.39, 0.29) is 5.91 Å². The lowest BCUT2D eigenvalue weighted by atomic mass is 10.2. The summed E-state index contributed by atoms with van der Waals surface area (Å²) in [5.74, 6) is 2.59. The molecule has 0 saturated carbocycles. The van der Waals surface area contributed by atoms with Crippen molar-refractivity contribution in [3.63, 3.8) is 0 Å². The van der Waals surface area contributed by atoms with Crippen molar-refractivity contribution in [3.05, 3.63) is 78.6 Å². The minimum atomic E-state index is 0.0836. The standard InChI is InChI=1S/C22H22N6O/c1-17-23-20(25-7-4-5-8-25)15-21(24-17)26-10-12-27(13-11-26)22(29)18-14-19-6-2-3-9-28(19)16-18/h2-9,14-16H,10-13H2,1H3. The third kappa shape index (κ3) is 3.35. The van der Waals surface area contributed by atoms with Crippen LogP contribution in [0.3, 0.4) is 0 Å². The number of nitrogens with zero attached hydrogens (tertiary/aromatic N) is 6. The highest BCUT2D eigenvalue weighted by Crippen LogP contribution is 2.19. The van der Waals surface area contributed by atoms with Gasteiger partial charge in [-0.2, -0.15) is 0 Å². The molecule has 0 atom stereocenters. The second kappa shape index (κ2) is 7.09. The van der Waals surface area contributed by atoms with Crippen molar-refractivity contribution in [2.24, 2.45) is 0 Å². The van der Waals surface area contributed by atoms with Crippen LogP contribution in [0, 0.1) is 6.92 Å². The van der Waals surface area contributed by atoms with E-state index in [9.17, 15) is 4.79 Å². The lowest BCUT2D eigenvalue weighted by Crippen LogP contribution is -2.49. The molecule has 0 radical (unpaired) electrons. The first-order valence-corrected chi connectivity index (χ1v) is 9.77. The van der Waals surface area contributed by atoms with Gasteiger partial charge in [0, 0.05) is 62.5 Å². The van der Waals surface area contributed by atoms with Gasteiger partial charge in [-0.1, -0.05) is 6.07 Å². The zero-order chi connectivity index (χ0) is 19.8. The highest BCUT2D eigenvalue weighted by molar-refractivity contribution is 5.95. The van der Waals surface area contributed by atoms with Crippen LogP contribution in [-0.2, 0) is 0 Å². The highest BCUT2D eigenvalue weighted by atomic mass is 16.2. The number of aromatic nitrogens is 4. The quantitative estimate of drug-likeness (QED) is 0.543. The van der Waals surface area contributed by atoms with Crippen LogP contribution in [0.5, 0.6) is 0 Å². The Balaban J connectivity index is 1.31. The Morgan fingerprint density at radius 1 is 0.897 bits per heavy atom. The number of carbonyl (C=O) groups excluding carboxylic acids is 1. The topological polar surface area (TPSA) is 58.7 Å². The molecule has 0 aliphatic carbocycles. The molecule has 0 unspecified atom stereocenters. The van der Waals surface area contributed by atoms with Crippen molar-refractivity contribution in [3.8, 4) is 5.82 Å². The van der Waals surface area contributed by atoms with Gasteiger partial charge in [0.25, 0.3) is 5.91 Å². The van der Waals surface area contributed by atoms with E-state index in [4.69, 9.17) is 0 Å². The minimum absolute atomic E-state index is 0.0836. The molecule has 1 saturated heterocycles. The lowest BCUT2D eigenvalue weighted by Gasteiger charge is -2.35. The van der Waals surface area contributed by atoms with E-state index in [2.05, 4.69) is 14.9 Å². The summed E-state index contributed by atoms with van der Waals surface area (Å²) in [7, 11) is 0. The highest BCUT2D eigenvalue weighted by Gasteiger charge is 2.24. The first-order chi connectivity index (χ1) is 14.2. The Kier molecular flexibility index (Phi) is 4.27. The number of hydrogen-bond acceptors (Lipinski definition) is 4. The molecule has 146 valence electrons. The Labute approximate surface area is 168 Å². The van der Waals surface area contributed by atoms with Gasteiger partial charge in [-0.25, -0.2) is 9.97 Å². The molecule has 7 heteroatoms. The molecule has 0 N–H and O–H groups in total. The molecule has 29 heavy (non-hydrogen) atoms. The van der Waals surface area contributed by atoms with E-state index < -0.39 is 0 Å². The van der Waals surface area contributed by atoms with Gasteiger partial charge in [-0.15, -0.1) is 0 Å². The Bertz CT molecular complexity index is 1120. The molecule has 1 aliphatic heterocycles. The summed E-state index contributed by atoms with van der Waals surface area (Å²) in [6, 6.07) is 13.9. The summed E-state index contributed by atoms with van der Waals surface area (Å²) in [6.45, 7) is 4.76. The molecule has 0 bridgehead atoms. The Morgan fingerprint density at radius 2 is 1.62 bits per heavy atom. The van der Waals surface area contributed by atoms with E-state index in [1.165, 1.54) is 0 Å². The van der Waals surface area contributed by atoms with E-state index in [1.807, 2.05) is 88.0 Å². The molecule has 1 fully saturated rings. The smallest absolute Gasteiger partial charge is 0.255 e. The first kappa shape index (κ1) is 17.5. The molecule has 0 spiro atoms. The third-order valence-electron chi connectivity index (χ3n) is 5.32. The monoisotopic (exact) mass is 386 g/mol. The number of piperazine rings is 1. The first-order valence-electron chi connectivity index (χ1n) is 9.77. The average Bonchev–Trinajstić information content (AvgIpc) is 3.43. The minimum Gasteiger partial charge on any atom is -0.353 e. The average molecular weight is 386 g/mol. The number of aryl methyl sites for hydroxylation is 1. The molecule has 7 nitrogen and oxygen atoms in total. The van der Waals surface area contributed by atoms with Crippen LogP contribution < -0.4 is 4.90 Å². The fourth-order valence-corrected chi connectivity index (χ4v) is 3.81. The van der Waals surface area contributed by atoms with E-state index in [0.29, 0.717) is 13.1 Å². The van der Waals surface area contributed by atoms with Gasteiger partial charge < -0.3 is 18.8 Å². The second-order valence-corrected chi connectivity index (χ2v) is 7.26. The number of pyridine rings is 1. The number of fused-ring (bicyclic) bond motifs is 1. The zero-order valence-corrected chi connectivity index (χ0v) is 16.3. The largest absolute Gasteiger partial charge is 0.353 e. The van der Waals surface area contributed by atoms with Gasteiger partial charge in [0.2, 0.25) is 0 Å². The summed E-state index contributed by atoms with van der Waals surface area (Å²) in [6.07, 6.45) is 7.82. The van der Waals surface area contributed by atoms with Crippen LogP contribution >= 0.6 is 0 Å². The van der Waals surface area contributed by atoms with Crippen LogP contribution in [0.2, 0.25) is 0 Å². The van der Waals surface area contributed by atoms with E-state index in [0.717, 1.165) is 41.6 Å². The number of rotatable bonds is 3. The number of anilines is 1. The summed E-state index contributed by atoms with van der Waals surface area (Å²) in [4.78, 5) is 26.2. The van der Waals surface area contributed by atoms with Crippen LogP contribution in [0.25, 0.3) is 11.3 Å². The van der Waals surface area contributed by atoms with Crippen molar-refractivity contribution < 1.29 is 4.79 Å². The predicted octanol–water partition coefficient (Wildman–Crippen LogP) is 2.79. The van der Waals surface area contributed by atoms with E-state index in [1.54, 1.807) is 0 Å². The summed E-state index contributed by atoms with van der Waals surface area (Å²) in [5.41, 5.74) is 1.76. The van der Waals surface area contributed by atoms with Crippen LogP contribution in [0.15, 0.2) is 67.3 Å². The Morgan fingerprint density at radius 3 is 2.38 bits per heavy atom. The molecule has 1 aliphatic rings. The van der Waals surface area contributed by atoms with Crippen molar-refractivity contribution >= 4 is 17.2 Å². The number of amides is 1. The lowest BCUT2D eigenvalue weighted by molar-refractivity contribution is 0.0746. The molecular weight excluding hydrogens is 364 g/mol. The summed E-state index contributed by atoms with van der Waals surface area (Å²) < 4.78 is 3.96. The van der Waals surface area contributed by atoms with Crippen molar-refractivity contribution in [2.75, 3.05) is 31.1 Å². The molecule has 1 amide bonds. The van der Waals surface area contributed by atoms with E-state index >= 15 is 0 Å². The third-order valence-corrected chi connectivity index (χ3v) is 5.32. The Hall–Kier alpha value is -3.61. The predicted molar refractivity (Wildman–Crippen MR) is 112 cm³/mol. The molecule has 5 rings (SSSR count). The zero-order valence-electron chi connectivity index (χ0n) is 16.3. The van der Waals surface area contributed by atoms with Crippen LogP contribution in [-0.4, -0.2) is 55.9 Å². The van der Waals surface area contributed by atoms with Gasteiger partial charge >= 0.3 is 0 Å². The summed E-state index contributed by atoms with van der Waals surface area (Å²) >= 11 is 0. The van der Waals surface area contributed by atoms with Crippen LogP contribution in [0.1, 0.15) is 16.2 Å². The summed E-state index contributed by atoms with van der Waals surface area (Å²) in [5, 5.41) is 0. The van der Waals surface area contributed by atoms with Gasteiger partial charge in [0.1, 0.15) is 17.5 Å². The van der Waals surface area contributed by atoms with Crippen molar-refractivity contribution in [1.29, 1.82) is 0 Å². The van der Waals surface area contributed by atoms with Gasteiger partial charge in [-0.05, 0) is 37.3 Å². The molecule has 4 aromatic rings. The van der Waals surface area contributed by atoms with Crippen LogP contribution in [0.4, 0.5) is 5.82 Å². The number of hydrogen-bond donors (Lipinski definition) is 0. The normalized spacial score (nSPS) is 14.5. The van der Waals surface area contributed by atoms with Gasteiger partial charge in [-0.3, -0.25) is 4.79 Å². The van der Waals surface area contributed by atoms with Gasteiger partial charge in [0.15, 0.2) is 0 Å². The SMILES string of the molecule is Cc1nc(N2CCN(C(=O)c3cc4ccccn4c3)CC2)cc(-n2cccc2)n1. The molecule has 0 aromatic carbocycles. The fourth-order valence-electron chi connectivity index (χ4n) is 3.81. The molecule has 4 aromatic heterocycles. The van der Waals surface area contributed by atoms with Crippen molar-refractivity contribution in [2.45, 2.75) is 6.92 Å². The maximum absolute atomic E-state index is 12.9. The second-order valence-electron chi connectivity index (χ2n) is 7.26. The molecule has 5 heterocycles. The maximum atomic E-state index is 12.9.